The van der Waals surface area contributed by atoms with Gasteiger partial charge in [-0.25, -0.2) is 19.2 Å². The Morgan fingerprint density at radius 2 is 1.88 bits per heavy atom. The fraction of sp³-hybridized carbons (Fsp3) is 0.432. The summed E-state index contributed by atoms with van der Waals surface area (Å²) in [5.74, 6) is 2.30. The Hall–Kier alpha value is -4.81. The lowest BCUT2D eigenvalue weighted by Gasteiger charge is -2.42. The van der Waals surface area contributed by atoms with E-state index in [1.165, 1.54) is 4.90 Å². The number of carbonyl (C=O) groups excluding carboxylic acids is 2. The van der Waals surface area contributed by atoms with E-state index in [-0.39, 0.29) is 16.9 Å². The molecule has 2 saturated heterocycles. The molecule has 7 heterocycles. The summed E-state index contributed by atoms with van der Waals surface area (Å²) in [7, 11) is 1.75. The average molecular weight is 681 g/mol. The van der Waals surface area contributed by atoms with Crippen LogP contribution >= 0.6 is 0 Å². The summed E-state index contributed by atoms with van der Waals surface area (Å²) in [5.41, 5.74) is 4.79. The molecule has 4 aliphatic heterocycles. The third-order valence-corrected chi connectivity index (χ3v) is 10.6. The van der Waals surface area contributed by atoms with E-state index in [4.69, 9.17) is 9.72 Å². The molecule has 2 fully saturated rings. The summed E-state index contributed by atoms with van der Waals surface area (Å²) < 4.78 is 22.9. The summed E-state index contributed by atoms with van der Waals surface area (Å²) in [6.45, 7) is 9.92. The van der Waals surface area contributed by atoms with Gasteiger partial charge >= 0.3 is 0 Å². The first-order valence-electron chi connectivity index (χ1n) is 17.2. The van der Waals surface area contributed by atoms with Crippen LogP contribution in [-0.2, 0) is 35.5 Å². The van der Waals surface area contributed by atoms with Gasteiger partial charge in [-0.05, 0) is 48.1 Å². The number of likely N-dealkylation sites (N-methyl/N-ethyl adjacent to an activating group) is 1. The largest absolute Gasteiger partial charge is 0.392 e. The highest BCUT2D eigenvalue weighted by molar-refractivity contribution is 6.06. The van der Waals surface area contributed by atoms with Crippen LogP contribution in [0, 0.1) is 11.2 Å². The highest BCUT2D eigenvalue weighted by Gasteiger charge is 2.41. The normalized spacial score (nSPS) is 20.6. The van der Waals surface area contributed by atoms with E-state index in [1.807, 2.05) is 28.7 Å². The zero-order chi connectivity index (χ0) is 34.7. The van der Waals surface area contributed by atoms with Crippen LogP contribution in [0.1, 0.15) is 46.7 Å². The number of carbonyl (C=O) groups is 1. The third-order valence-electron chi connectivity index (χ3n) is 10.6. The van der Waals surface area contributed by atoms with Crippen LogP contribution in [-0.4, -0.2) is 100 Å². The Labute approximate surface area is 290 Å². The Bertz CT molecular complexity index is 1970. The van der Waals surface area contributed by atoms with Crippen molar-refractivity contribution in [3.05, 3.63) is 88.2 Å². The fourth-order valence-electron chi connectivity index (χ4n) is 7.94. The van der Waals surface area contributed by atoms with E-state index in [0.717, 1.165) is 57.3 Å². The predicted molar refractivity (Wildman–Crippen MR) is 187 cm³/mol. The maximum absolute atomic E-state index is 15.7. The number of ether oxygens (including phenoxy) is 1. The van der Waals surface area contributed by atoms with Gasteiger partial charge in [-0.15, -0.1) is 0 Å². The number of nitrogens with one attached hydrogen (secondary N) is 1. The maximum Gasteiger partial charge on any atom is 0.279 e. The summed E-state index contributed by atoms with van der Waals surface area (Å²) >= 11 is 0. The van der Waals surface area contributed by atoms with Crippen LogP contribution in [0.4, 0.5) is 21.7 Å². The average Bonchev–Trinajstić information content (AvgIpc) is 3.54. The number of aromatic nitrogens is 3. The number of amides is 1. The molecule has 260 valence electrons. The third kappa shape index (κ3) is 5.50. The molecule has 13 heteroatoms. The molecule has 50 heavy (non-hydrogen) atoms. The van der Waals surface area contributed by atoms with Crippen molar-refractivity contribution in [1.29, 1.82) is 0 Å². The zero-order valence-corrected chi connectivity index (χ0v) is 28.6. The second-order valence-corrected chi connectivity index (χ2v) is 14.5. The number of aliphatic hydroxyl groups excluding tert-OH is 1. The molecule has 0 aromatic carbocycles. The number of hydrogen-bond acceptors (Lipinski definition) is 10. The van der Waals surface area contributed by atoms with Crippen LogP contribution in [0.25, 0.3) is 5.57 Å². The number of halogens is 1. The van der Waals surface area contributed by atoms with Gasteiger partial charge in [0.15, 0.2) is 11.8 Å². The van der Waals surface area contributed by atoms with E-state index in [0.29, 0.717) is 64.9 Å². The Morgan fingerprint density at radius 1 is 1.08 bits per heavy atom. The monoisotopic (exact) mass is 680 g/mol. The lowest BCUT2D eigenvalue weighted by Crippen LogP contribution is -2.56. The van der Waals surface area contributed by atoms with Gasteiger partial charge in [0, 0.05) is 81.1 Å². The second-order valence-electron chi connectivity index (χ2n) is 14.5. The fourth-order valence-corrected chi connectivity index (χ4v) is 7.94. The SMILES string of the molecule is CN1C=C(c2ccnc(N3CCn4c5c(c(F)c4C3=O)CC(C)(C)C5)c2CO)C=C(Nc2ccc(N3CCN(C4COC4)CC3)nc2)C1=C=O. The Balaban J connectivity index is 1.04. The van der Waals surface area contributed by atoms with Crippen LogP contribution in [0.15, 0.2) is 54.3 Å². The molecule has 0 unspecified atom stereocenters. The van der Waals surface area contributed by atoms with Crippen LogP contribution in [0.2, 0.25) is 0 Å². The van der Waals surface area contributed by atoms with Gasteiger partial charge < -0.3 is 29.5 Å². The van der Waals surface area contributed by atoms with Crippen molar-refractivity contribution < 1.29 is 23.8 Å². The first-order valence-corrected chi connectivity index (χ1v) is 17.2. The van der Waals surface area contributed by atoms with Crippen molar-refractivity contribution in [2.24, 2.45) is 5.41 Å². The van der Waals surface area contributed by atoms with Crippen molar-refractivity contribution >= 4 is 34.7 Å². The molecule has 0 saturated carbocycles. The Morgan fingerprint density at radius 3 is 2.56 bits per heavy atom. The molecule has 5 aliphatic rings. The first-order chi connectivity index (χ1) is 24.2. The van der Waals surface area contributed by atoms with Crippen molar-refractivity contribution in [2.75, 3.05) is 68.1 Å². The molecule has 3 aromatic rings. The van der Waals surface area contributed by atoms with E-state index < -0.39 is 18.3 Å². The molecule has 0 atom stereocenters. The first kappa shape index (κ1) is 32.4. The molecule has 8 rings (SSSR count). The molecule has 0 radical (unpaired) electrons. The summed E-state index contributed by atoms with van der Waals surface area (Å²) in [4.78, 5) is 43.1. The molecule has 0 bridgehead atoms. The van der Waals surface area contributed by atoms with Gasteiger partial charge in [0.2, 0.25) is 0 Å². The molecule has 1 aliphatic carbocycles. The standard InChI is InChI=1S/C37H41FN8O4/c1-37(2)15-27-30(16-37)45-12-13-46(36(49)34(45)33(27)38)35-28(19-47)26(6-7-39-35)23-14-29(31(20-48)42(3)18-23)41-24-4-5-32(40-17-24)44-10-8-43(9-11-44)25-21-50-22-25/h4-7,14,17-18,25,41,47H,8-13,15-16,19,21-22H2,1-3H3. The molecule has 1 amide bonds. The van der Waals surface area contributed by atoms with E-state index in [2.05, 4.69) is 33.9 Å². The number of fused-ring (bicyclic) bond motifs is 3. The summed E-state index contributed by atoms with van der Waals surface area (Å²) in [6.07, 6.45) is 8.23. The number of pyridine rings is 2. The number of aliphatic hydroxyl groups is 1. The Kier molecular flexibility index (Phi) is 8.10. The number of hydrogen-bond donors (Lipinski definition) is 2. The highest BCUT2D eigenvalue weighted by Crippen LogP contribution is 2.42. The molecule has 3 aromatic heterocycles. The van der Waals surface area contributed by atoms with E-state index in [9.17, 15) is 14.7 Å². The van der Waals surface area contributed by atoms with E-state index >= 15 is 4.39 Å². The number of nitrogens with zero attached hydrogens (tertiary/aromatic N) is 7. The van der Waals surface area contributed by atoms with Gasteiger partial charge in [0.1, 0.15) is 23.0 Å². The zero-order valence-electron chi connectivity index (χ0n) is 28.6. The van der Waals surface area contributed by atoms with Crippen molar-refractivity contribution in [3.63, 3.8) is 0 Å². The van der Waals surface area contributed by atoms with Gasteiger partial charge in [-0.3, -0.25) is 14.6 Å². The highest BCUT2D eigenvalue weighted by atomic mass is 19.1. The summed E-state index contributed by atoms with van der Waals surface area (Å²) in [6, 6.07) is 6.21. The minimum atomic E-state index is -0.468. The summed E-state index contributed by atoms with van der Waals surface area (Å²) in [5, 5.41) is 14.0. The minimum Gasteiger partial charge on any atom is -0.392 e. The van der Waals surface area contributed by atoms with Gasteiger partial charge in [-0.1, -0.05) is 13.8 Å². The van der Waals surface area contributed by atoms with Gasteiger partial charge in [0.25, 0.3) is 5.91 Å². The van der Waals surface area contributed by atoms with E-state index in [1.54, 1.807) is 36.6 Å². The van der Waals surface area contributed by atoms with Gasteiger partial charge in [-0.2, -0.15) is 0 Å². The van der Waals surface area contributed by atoms with Gasteiger partial charge in [0.05, 0.1) is 43.4 Å². The molecule has 2 N–H and O–H groups in total. The lowest BCUT2D eigenvalue weighted by atomic mass is 9.90. The van der Waals surface area contributed by atoms with Crippen LogP contribution in [0.3, 0.4) is 0 Å². The van der Waals surface area contributed by atoms with Crippen LogP contribution < -0.4 is 15.1 Å². The minimum absolute atomic E-state index is 0.0456. The van der Waals surface area contributed by atoms with Crippen molar-refractivity contribution in [3.8, 4) is 0 Å². The molecule has 0 spiro atoms. The quantitative estimate of drug-likeness (QED) is 0.360. The maximum atomic E-state index is 15.7. The molecular formula is C37H41FN8O4. The number of piperazine rings is 1. The molecule has 12 nitrogen and oxygen atoms in total. The second kappa shape index (κ2) is 12.5. The number of allylic oxidation sites excluding steroid dienone is 2. The van der Waals surface area contributed by atoms with Crippen molar-refractivity contribution in [2.45, 2.75) is 45.9 Å². The molecular weight excluding hydrogens is 639 g/mol. The van der Waals surface area contributed by atoms with Crippen LogP contribution in [0.5, 0.6) is 0 Å². The number of anilines is 3. The smallest absolute Gasteiger partial charge is 0.279 e. The predicted octanol–water partition coefficient (Wildman–Crippen LogP) is 3.21. The number of rotatable bonds is 7. The lowest BCUT2D eigenvalue weighted by molar-refractivity contribution is -0.0661. The topological polar surface area (TPSA) is 119 Å². The van der Waals surface area contributed by atoms with Crippen molar-refractivity contribution in [1.82, 2.24) is 24.3 Å².